The third kappa shape index (κ3) is 3.45. The highest BCUT2D eigenvalue weighted by atomic mass is 32.1. The van der Waals surface area contributed by atoms with E-state index in [9.17, 15) is 18.4 Å². The number of carbonyl (C=O) groups is 2. The van der Waals surface area contributed by atoms with Crippen LogP contribution in [0.3, 0.4) is 0 Å². The van der Waals surface area contributed by atoms with Crippen molar-refractivity contribution in [2.45, 2.75) is 13.2 Å². The summed E-state index contributed by atoms with van der Waals surface area (Å²) in [6.45, 7) is 1.59. The average Bonchev–Trinajstić information content (AvgIpc) is 3.04. The number of carbonyl (C=O) groups excluding carboxylic acids is 2. The molecule has 0 atom stereocenters. The van der Waals surface area contributed by atoms with Crippen molar-refractivity contribution in [3.63, 3.8) is 0 Å². The van der Waals surface area contributed by atoms with Crippen molar-refractivity contribution in [2.24, 2.45) is 0 Å². The largest absolute Gasteiger partial charge is 0.586 e. The number of aromatic nitrogens is 1. The molecule has 0 spiro atoms. The monoisotopic (exact) mass is 371 g/mol. The molecule has 2 aromatic rings. The third-order valence-electron chi connectivity index (χ3n) is 3.15. The fourth-order valence-electron chi connectivity index (χ4n) is 2.09. The van der Waals surface area contributed by atoms with Crippen LogP contribution in [0.1, 0.15) is 16.1 Å². The molecule has 1 aliphatic rings. The highest BCUT2D eigenvalue weighted by Gasteiger charge is 2.43. The molecule has 0 aliphatic carbocycles. The third-order valence-corrected chi connectivity index (χ3v) is 4.00. The summed E-state index contributed by atoms with van der Waals surface area (Å²) >= 11 is 0.912. The molecule has 0 bridgehead atoms. The molecule has 0 unspecified atom stereocenters. The first-order valence-electron chi connectivity index (χ1n) is 6.81. The lowest BCUT2D eigenvalue weighted by Crippen LogP contribution is -2.25. The zero-order valence-electron chi connectivity index (χ0n) is 12.9. The number of ether oxygens (including phenoxy) is 3. The maximum absolute atomic E-state index is 13.0. The van der Waals surface area contributed by atoms with E-state index in [2.05, 4.69) is 29.2 Å². The summed E-state index contributed by atoms with van der Waals surface area (Å²) in [4.78, 5) is 23.8. The number of nitrogens with one attached hydrogen (secondary N) is 2. The number of rotatable bonds is 3. The molecule has 1 aliphatic heterocycles. The molecule has 0 saturated carbocycles. The van der Waals surface area contributed by atoms with Gasteiger partial charge < -0.3 is 19.5 Å². The minimum atomic E-state index is -3.74. The molecule has 132 valence electrons. The van der Waals surface area contributed by atoms with Crippen LogP contribution >= 0.6 is 11.5 Å². The van der Waals surface area contributed by atoms with E-state index in [-0.39, 0.29) is 27.8 Å². The van der Waals surface area contributed by atoms with Crippen LogP contribution in [0.5, 0.6) is 11.5 Å². The quantitative estimate of drug-likeness (QED) is 0.860. The van der Waals surface area contributed by atoms with E-state index in [1.165, 1.54) is 25.3 Å². The standard InChI is InChI=1S/C14H11F2N3O5S/c1-6-10(12(25-19-6)18-13(21)22-2)11(20)17-7-3-4-8-9(5-7)24-14(15,16)23-8/h3-5H,1-2H3,(H,17,20)(H,18,21). The molecule has 11 heteroatoms. The molecule has 2 heterocycles. The molecule has 3 rings (SSSR count). The van der Waals surface area contributed by atoms with Crippen LogP contribution in [0.25, 0.3) is 0 Å². The van der Waals surface area contributed by atoms with E-state index >= 15 is 0 Å². The van der Waals surface area contributed by atoms with Gasteiger partial charge in [0.15, 0.2) is 11.5 Å². The first kappa shape index (κ1) is 16.9. The molecule has 0 radical (unpaired) electrons. The summed E-state index contributed by atoms with van der Waals surface area (Å²) in [6.07, 6.45) is -4.49. The van der Waals surface area contributed by atoms with Gasteiger partial charge in [0.25, 0.3) is 5.91 Å². The lowest BCUT2D eigenvalue weighted by atomic mass is 10.2. The van der Waals surface area contributed by atoms with E-state index < -0.39 is 18.3 Å². The van der Waals surface area contributed by atoms with Crippen LogP contribution in [0, 0.1) is 6.92 Å². The molecule has 1 aromatic carbocycles. The van der Waals surface area contributed by atoms with Gasteiger partial charge in [0.1, 0.15) is 5.00 Å². The van der Waals surface area contributed by atoms with Crippen molar-refractivity contribution in [2.75, 3.05) is 17.7 Å². The van der Waals surface area contributed by atoms with Gasteiger partial charge in [0, 0.05) is 11.8 Å². The Balaban J connectivity index is 1.80. The van der Waals surface area contributed by atoms with Crippen LogP contribution in [0.15, 0.2) is 18.2 Å². The maximum atomic E-state index is 13.0. The Morgan fingerprint density at radius 2 is 1.96 bits per heavy atom. The normalized spacial score (nSPS) is 14.1. The number of hydrogen-bond acceptors (Lipinski definition) is 7. The number of alkyl halides is 2. The van der Waals surface area contributed by atoms with Crippen LogP contribution in [-0.2, 0) is 4.74 Å². The molecular weight excluding hydrogens is 360 g/mol. The second-order valence-corrected chi connectivity index (χ2v) is 5.65. The van der Waals surface area contributed by atoms with E-state index in [0.717, 1.165) is 11.5 Å². The summed E-state index contributed by atoms with van der Waals surface area (Å²) in [5.74, 6) is -0.913. The Hall–Kier alpha value is -2.95. The van der Waals surface area contributed by atoms with Crippen LogP contribution in [0.4, 0.5) is 24.3 Å². The van der Waals surface area contributed by atoms with Gasteiger partial charge in [0.05, 0.1) is 18.4 Å². The van der Waals surface area contributed by atoms with Crippen molar-refractivity contribution in [1.29, 1.82) is 0 Å². The van der Waals surface area contributed by atoms with Gasteiger partial charge >= 0.3 is 12.4 Å². The van der Waals surface area contributed by atoms with Crippen molar-refractivity contribution in [3.8, 4) is 11.5 Å². The first-order valence-corrected chi connectivity index (χ1v) is 7.59. The topological polar surface area (TPSA) is 98.8 Å². The van der Waals surface area contributed by atoms with Gasteiger partial charge in [-0.3, -0.25) is 10.1 Å². The predicted molar refractivity (Wildman–Crippen MR) is 83.5 cm³/mol. The number of methoxy groups -OCH3 is 1. The summed E-state index contributed by atoms with van der Waals surface area (Å²) in [7, 11) is 1.19. The smallest absolute Gasteiger partial charge is 0.453 e. The second-order valence-electron chi connectivity index (χ2n) is 4.87. The molecular formula is C14H11F2N3O5S. The number of nitrogens with zero attached hydrogens (tertiary/aromatic N) is 1. The van der Waals surface area contributed by atoms with Gasteiger partial charge in [-0.15, -0.1) is 8.78 Å². The van der Waals surface area contributed by atoms with Crippen molar-refractivity contribution in [3.05, 3.63) is 29.5 Å². The van der Waals surface area contributed by atoms with Gasteiger partial charge in [-0.05, 0) is 30.6 Å². The number of halogens is 2. The maximum Gasteiger partial charge on any atom is 0.586 e. The number of amides is 2. The van der Waals surface area contributed by atoms with E-state index in [4.69, 9.17) is 0 Å². The summed E-state index contributed by atoms with van der Waals surface area (Å²) in [5, 5.41) is 5.12. The van der Waals surface area contributed by atoms with Gasteiger partial charge in [-0.1, -0.05) is 0 Å². The van der Waals surface area contributed by atoms with E-state index in [1.807, 2.05) is 0 Å². The number of anilines is 2. The number of benzene rings is 1. The molecule has 0 fully saturated rings. The summed E-state index contributed by atoms with van der Waals surface area (Å²) in [5.41, 5.74) is 0.735. The van der Waals surface area contributed by atoms with E-state index in [1.54, 1.807) is 6.92 Å². The molecule has 1 aromatic heterocycles. The zero-order valence-corrected chi connectivity index (χ0v) is 13.7. The highest BCUT2D eigenvalue weighted by molar-refractivity contribution is 7.11. The van der Waals surface area contributed by atoms with Gasteiger partial charge in [-0.25, -0.2) is 4.79 Å². The lowest BCUT2D eigenvalue weighted by Gasteiger charge is -2.08. The number of aryl methyl sites for hydroxylation is 1. The Morgan fingerprint density at radius 1 is 1.24 bits per heavy atom. The van der Waals surface area contributed by atoms with Crippen molar-refractivity contribution in [1.82, 2.24) is 4.37 Å². The molecule has 0 saturated heterocycles. The van der Waals surface area contributed by atoms with Crippen LogP contribution < -0.4 is 20.1 Å². The lowest BCUT2D eigenvalue weighted by molar-refractivity contribution is -0.286. The SMILES string of the molecule is COC(=O)Nc1snc(C)c1C(=O)Nc1ccc2c(c1)OC(F)(F)O2. The van der Waals surface area contributed by atoms with Gasteiger partial charge in [0.2, 0.25) is 0 Å². The Labute approximate surface area is 143 Å². The molecule has 25 heavy (non-hydrogen) atoms. The van der Waals surface area contributed by atoms with Crippen LogP contribution in [0.2, 0.25) is 0 Å². The first-order chi connectivity index (χ1) is 11.8. The molecule has 2 N–H and O–H groups in total. The van der Waals surface area contributed by atoms with E-state index in [0.29, 0.717) is 5.69 Å². The van der Waals surface area contributed by atoms with Crippen molar-refractivity contribution < 1.29 is 32.6 Å². The Kier molecular flexibility index (Phi) is 4.17. The molecule has 8 nitrogen and oxygen atoms in total. The minimum Gasteiger partial charge on any atom is -0.453 e. The Morgan fingerprint density at radius 3 is 2.68 bits per heavy atom. The highest BCUT2D eigenvalue weighted by Crippen LogP contribution is 2.42. The zero-order chi connectivity index (χ0) is 18.2. The summed E-state index contributed by atoms with van der Waals surface area (Å²) < 4.78 is 43.2. The number of fused-ring (bicyclic) bond motifs is 1. The fourth-order valence-corrected chi connectivity index (χ4v) is 2.87. The molecule has 2 amide bonds. The fraction of sp³-hybridized carbons (Fsp3) is 0.214. The summed E-state index contributed by atoms with van der Waals surface area (Å²) in [6, 6.07) is 3.83. The Bertz CT molecular complexity index is 855. The predicted octanol–water partition coefficient (Wildman–Crippen LogP) is 3.20. The van der Waals surface area contributed by atoms with Gasteiger partial charge in [-0.2, -0.15) is 4.37 Å². The number of hydrogen-bond donors (Lipinski definition) is 2. The average molecular weight is 371 g/mol. The minimum absolute atomic E-state index is 0.135. The van der Waals surface area contributed by atoms with Crippen LogP contribution in [-0.4, -0.2) is 29.8 Å². The van der Waals surface area contributed by atoms with Crippen molar-refractivity contribution >= 4 is 34.2 Å². The second kappa shape index (κ2) is 6.16.